The maximum Gasteiger partial charge on any atom is 0.389 e. The summed E-state index contributed by atoms with van der Waals surface area (Å²) in [6, 6.07) is 0.587. The number of rotatable bonds is 10. The summed E-state index contributed by atoms with van der Waals surface area (Å²) in [5.41, 5.74) is 0.359. The van der Waals surface area contributed by atoms with E-state index >= 15 is 0 Å². The molecule has 222 valence electrons. The van der Waals surface area contributed by atoms with Crippen molar-refractivity contribution in [2.75, 3.05) is 0 Å². The Morgan fingerprint density at radius 2 is 1.80 bits per heavy atom. The lowest BCUT2D eigenvalue weighted by atomic mass is 9.81. The van der Waals surface area contributed by atoms with Crippen LogP contribution in [0.25, 0.3) is 5.78 Å². The molecule has 3 heterocycles. The first-order chi connectivity index (χ1) is 19.3. The van der Waals surface area contributed by atoms with E-state index in [-0.39, 0.29) is 48.8 Å². The fraction of sp³-hybridized carbons (Fsp3) is 0.600. The molecule has 5 rings (SSSR count). The summed E-state index contributed by atoms with van der Waals surface area (Å²) in [5, 5.41) is 23.6. The summed E-state index contributed by atoms with van der Waals surface area (Å²) in [6.45, 7) is 0.615. The van der Waals surface area contributed by atoms with Crippen molar-refractivity contribution in [2.24, 2.45) is 11.8 Å². The van der Waals surface area contributed by atoms with E-state index < -0.39 is 49.0 Å². The van der Waals surface area contributed by atoms with Crippen LogP contribution in [0.4, 0.5) is 22.0 Å². The first-order valence-corrected chi connectivity index (χ1v) is 13.3. The van der Waals surface area contributed by atoms with Crippen molar-refractivity contribution in [1.82, 2.24) is 40.0 Å². The topological polar surface area (TPSA) is 139 Å². The highest BCUT2D eigenvalue weighted by atomic mass is 19.4. The Hall–Kier alpha value is -3.69. The van der Waals surface area contributed by atoms with Gasteiger partial charge in [0.05, 0.1) is 36.6 Å². The largest absolute Gasteiger partial charge is 0.389 e. The van der Waals surface area contributed by atoms with Gasteiger partial charge in [-0.1, -0.05) is 0 Å². The molecular formula is C25H29F5N8O3. The quantitative estimate of drug-likeness (QED) is 0.245. The van der Waals surface area contributed by atoms with Gasteiger partial charge in [-0.15, -0.1) is 5.10 Å². The Labute approximate surface area is 230 Å². The molecule has 2 amide bonds. The summed E-state index contributed by atoms with van der Waals surface area (Å²) in [4.78, 5) is 35.0. The molecule has 2 aliphatic carbocycles. The molecule has 0 bridgehead atoms. The summed E-state index contributed by atoms with van der Waals surface area (Å²) in [6.07, 6.45) is -2.21. The summed E-state index contributed by atoms with van der Waals surface area (Å²) < 4.78 is 66.5. The second-order valence-corrected chi connectivity index (χ2v) is 10.7. The number of nitrogens with zero attached hydrogens (tertiary/aromatic N) is 6. The molecule has 0 aromatic carbocycles. The standard InChI is InChI=1S/C25H29F5N8O3/c26-24(27)7-3-15(4-8-24)20(35-22(41)17-11-31-38(36-17)12-14-1-2-14)18-13-37-10-6-16(32-23(37)33-18)21(40)34-19(39)5-9-25(28,29)30/h6,10-11,13-15,20-21,40H,1-5,7-9,12H2,(H,34,39)(H,35,41)/t20-,21+/m0/s1. The molecule has 2 fully saturated rings. The minimum atomic E-state index is -4.51. The molecule has 2 aliphatic rings. The maximum atomic E-state index is 13.9. The minimum absolute atomic E-state index is 0.0665. The molecule has 16 heteroatoms. The lowest BCUT2D eigenvalue weighted by molar-refractivity contribution is -0.145. The number of nitrogens with one attached hydrogen (secondary N) is 2. The van der Waals surface area contributed by atoms with Crippen molar-refractivity contribution >= 4 is 17.6 Å². The van der Waals surface area contributed by atoms with Gasteiger partial charge in [0, 0.05) is 31.7 Å². The number of carbonyl (C=O) groups excluding carboxylic acids is 2. The molecule has 0 aliphatic heterocycles. The van der Waals surface area contributed by atoms with Crippen LogP contribution in [-0.4, -0.2) is 58.4 Å². The van der Waals surface area contributed by atoms with Crippen LogP contribution in [0.3, 0.4) is 0 Å². The Balaban J connectivity index is 1.33. The number of aromatic nitrogens is 6. The molecule has 11 nitrogen and oxygen atoms in total. The van der Waals surface area contributed by atoms with Gasteiger partial charge in [0.1, 0.15) is 0 Å². The zero-order valence-corrected chi connectivity index (χ0v) is 21.8. The van der Waals surface area contributed by atoms with Crippen LogP contribution in [0.15, 0.2) is 24.7 Å². The number of aliphatic hydroxyl groups excluding tert-OH is 1. The zero-order chi connectivity index (χ0) is 29.4. The molecular weight excluding hydrogens is 555 g/mol. The third-order valence-electron chi connectivity index (χ3n) is 7.31. The summed E-state index contributed by atoms with van der Waals surface area (Å²) >= 11 is 0. The predicted octanol–water partition coefficient (Wildman–Crippen LogP) is 3.48. The molecule has 2 atom stereocenters. The molecule has 3 aromatic rings. The van der Waals surface area contributed by atoms with Crippen molar-refractivity contribution in [2.45, 2.75) is 82.3 Å². The van der Waals surface area contributed by atoms with Crippen LogP contribution < -0.4 is 10.6 Å². The number of alkyl halides is 5. The van der Waals surface area contributed by atoms with Crippen LogP contribution in [0.1, 0.15) is 85.5 Å². The molecule has 3 aromatic heterocycles. The third kappa shape index (κ3) is 7.54. The summed E-state index contributed by atoms with van der Waals surface area (Å²) in [7, 11) is 0. The molecule has 0 unspecified atom stereocenters. The summed E-state index contributed by atoms with van der Waals surface area (Å²) in [5.74, 6) is -4.12. The minimum Gasteiger partial charge on any atom is -0.368 e. The SMILES string of the molecule is O=C(CCC(F)(F)F)N[C@H](O)c1ccn2cc([C@@H](NC(=O)c3cnn(CC4CC4)n3)C3CCC(F)(F)CC3)nc2n1. The van der Waals surface area contributed by atoms with Crippen LogP contribution >= 0.6 is 0 Å². The van der Waals surface area contributed by atoms with E-state index in [1.54, 1.807) is 6.20 Å². The van der Waals surface area contributed by atoms with Gasteiger partial charge in [0.2, 0.25) is 17.6 Å². The molecule has 0 spiro atoms. The van der Waals surface area contributed by atoms with E-state index in [1.165, 1.54) is 27.7 Å². The zero-order valence-electron chi connectivity index (χ0n) is 21.8. The van der Waals surface area contributed by atoms with Crippen LogP contribution in [0.2, 0.25) is 0 Å². The van der Waals surface area contributed by atoms with E-state index in [0.717, 1.165) is 12.8 Å². The molecule has 2 saturated carbocycles. The van der Waals surface area contributed by atoms with Crippen LogP contribution in [0, 0.1) is 11.8 Å². The third-order valence-corrected chi connectivity index (χ3v) is 7.31. The van der Waals surface area contributed by atoms with Crippen molar-refractivity contribution in [3.05, 3.63) is 41.7 Å². The maximum absolute atomic E-state index is 13.9. The normalized spacial score (nSPS) is 19.2. The number of fused-ring (bicyclic) bond motifs is 1. The van der Waals surface area contributed by atoms with E-state index in [4.69, 9.17) is 0 Å². The number of hydrogen-bond acceptors (Lipinski definition) is 7. The number of imidazole rings is 1. The molecule has 0 radical (unpaired) electrons. The molecule has 0 saturated heterocycles. The van der Waals surface area contributed by atoms with E-state index in [1.807, 2.05) is 0 Å². The van der Waals surface area contributed by atoms with Gasteiger partial charge in [0.15, 0.2) is 11.9 Å². The Morgan fingerprint density at radius 1 is 1.10 bits per heavy atom. The number of amides is 2. The van der Waals surface area contributed by atoms with Crippen LogP contribution in [-0.2, 0) is 11.3 Å². The van der Waals surface area contributed by atoms with Gasteiger partial charge in [-0.05, 0) is 43.6 Å². The van der Waals surface area contributed by atoms with Crippen molar-refractivity contribution < 1.29 is 36.6 Å². The highest BCUT2D eigenvalue weighted by Gasteiger charge is 2.39. The Bertz CT molecular complexity index is 1390. The molecule has 41 heavy (non-hydrogen) atoms. The molecule has 3 N–H and O–H groups in total. The Kier molecular flexibility index (Phi) is 7.94. The van der Waals surface area contributed by atoms with Gasteiger partial charge in [0.25, 0.3) is 5.91 Å². The van der Waals surface area contributed by atoms with Gasteiger partial charge in [-0.3, -0.25) is 14.0 Å². The number of halogens is 5. The first kappa shape index (κ1) is 28.8. The van der Waals surface area contributed by atoms with Crippen molar-refractivity contribution in [3.63, 3.8) is 0 Å². The van der Waals surface area contributed by atoms with Gasteiger partial charge >= 0.3 is 6.18 Å². The van der Waals surface area contributed by atoms with Gasteiger partial charge in [-0.2, -0.15) is 23.1 Å². The van der Waals surface area contributed by atoms with E-state index in [0.29, 0.717) is 18.2 Å². The highest BCUT2D eigenvalue weighted by molar-refractivity contribution is 5.92. The second kappa shape index (κ2) is 11.3. The monoisotopic (exact) mass is 584 g/mol. The average molecular weight is 585 g/mol. The number of carbonyl (C=O) groups is 2. The van der Waals surface area contributed by atoms with Crippen LogP contribution in [0.5, 0.6) is 0 Å². The second-order valence-electron chi connectivity index (χ2n) is 10.7. The van der Waals surface area contributed by atoms with Gasteiger partial charge < -0.3 is 15.7 Å². The predicted molar refractivity (Wildman–Crippen MR) is 131 cm³/mol. The fourth-order valence-electron chi connectivity index (χ4n) is 4.83. The fourth-order valence-corrected chi connectivity index (χ4v) is 4.83. The first-order valence-electron chi connectivity index (χ1n) is 13.3. The van der Waals surface area contributed by atoms with Gasteiger partial charge in [-0.25, -0.2) is 18.7 Å². The van der Waals surface area contributed by atoms with E-state index in [9.17, 15) is 36.6 Å². The smallest absolute Gasteiger partial charge is 0.368 e. The van der Waals surface area contributed by atoms with Crippen molar-refractivity contribution in [1.29, 1.82) is 0 Å². The highest BCUT2D eigenvalue weighted by Crippen LogP contribution is 2.41. The van der Waals surface area contributed by atoms with Crippen molar-refractivity contribution in [3.8, 4) is 0 Å². The average Bonchev–Trinajstić information content (AvgIpc) is 3.41. The number of hydrogen-bond donors (Lipinski definition) is 3. The van der Waals surface area contributed by atoms with E-state index in [2.05, 4.69) is 30.8 Å². The number of aliphatic hydroxyl groups is 1. The lowest BCUT2D eigenvalue weighted by Gasteiger charge is -2.33. The Morgan fingerprint density at radius 3 is 2.49 bits per heavy atom. The lowest BCUT2D eigenvalue weighted by Crippen LogP contribution is -2.37.